The van der Waals surface area contributed by atoms with E-state index in [9.17, 15) is 5.11 Å². The number of imidazole rings is 1. The van der Waals surface area contributed by atoms with E-state index in [1.165, 1.54) is 5.56 Å². The maximum atomic E-state index is 11.0. The van der Waals surface area contributed by atoms with Crippen molar-refractivity contribution >= 4 is 23.4 Å². The minimum atomic E-state index is -0.795. The summed E-state index contributed by atoms with van der Waals surface area (Å²) in [5.74, 6) is 1.70. The van der Waals surface area contributed by atoms with E-state index < -0.39 is 6.10 Å². The van der Waals surface area contributed by atoms with Crippen LogP contribution in [0.2, 0.25) is 0 Å². The molecular weight excluding hydrogens is 338 g/mol. The number of benzene rings is 1. The maximum absolute atomic E-state index is 11.0. The van der Waals surface area contributed by atoms with Crippen LogP contribution in [0.3, 0.4) is 0 Å². The van der Waals surface area contributed by atoms with Gasteiger partial charge in [-0.2, -0.15) is 0 Å². The van der Waals surface area contributed by atoms with Crippen molar-refractivity contribution in [3.05, 3.63) is 53.3 Å². The summed E-state index contributed by atoms with van der Waals surface area (Å²) in [5, 5.41) is 19.0. The van der Waals surface area contributed by atoms with Crippen molar-refractivity contribution in [2.45, 2.75) is 39.2 Å². The van der Waals surface area contributed by atoms with Gasteiger partial charge in [-0.05, 0) is 47.6 Å². The van der Waals surface area contributed by atoms with Crippen LogP contribution < -0.4 is 5.32 Å². The van der Waals surface area contributed by atoms with Gasteiger partial charge in [-0.3, -0.25) is 4.99 Å². The molecule has 2 N–H and O–H groups in total. The van der Waals surface area contributed by atoms with Crippen molar-refractivity contribution in [2.75, 3.05) is 11.9 Å². The minimum absolute atomic E-state index is 0.400. The van der Waals surface area contributed by atoms with E-state index in [1.54, 1.807) is 10.7 Å². The average molecular weight is 363 g/mol. The third-order valence-corrected chi connectivity index (χ3v) is 4.95. The molecule has 1 aliphatic rings. The van der Waals surface area contributed by atoms with Gasteiger partial charge >= 0.3 is 0 Å². The highest BCUT2D eigenvalue weighted by Crippen LogP contribution is 2.35. The predicted octanol–water partition coefficient (Wildman–Crippen LogP) is 4.09. The minimum Gasteiger partial charge on any atom is -0.382 e. The Morgan fingerprint density at radius 3 is 2.93 bits per heavy atom. The van der Waals surface area contributed by atoms with Crippen molar-refractivity contribution in [1.29, 1.82) is 0 Å². The van der Waals surface area contributed by atoms with Gasteiger partial charge in [0.05, 0.1) is 17.6 Å². The molecule has 0 fully saturated rings. The van der Waals surface area contributed by atoms with Gasteiger partial charge in [-0.15, -0.1) is 5.10 Å². The molecule has 0 saturated heterocycles. The highest BCUT2D eigenvalue weighted by molar-refractivity contribution is 5.70. The molecule has 27 heavy (non-hydrogen) atoms. The molecule has 4 rings (SSSR count). The van der Waals surface area contributed by atoms with Crippen LogP contribution >= 0.6 is 0 Å². The number of anilines is 1. The van der Waals surface area contributed by atoms with Crippen LogP contribution in [0.1, 0.15) is 56.0 Å². The SMILES string of the molecule is CC(C)CNc1ccc2ncc(C(O)c3ccc4c(c3)C(C)CC=N4)n2n1. The van der Waals surface area contributed by atoms with E-state index in [-0.39, 0.29) is 0 Å². The Bertz CT molecular complexity index is 991. The van der Waals surface area contributed by atoms with Crippen molar-refractivity contribution in [3.8, 4) is 0 Å². The zero-order valence-corrected chi connectivity index (χ0v) is 15.9. The number of hydrogen-bond donors (Lipinski definition) is 2. The molecule has 0 spiro atoms. The molecule has 1 aromatic carbocycles. The van der Waals surface area contributed by atoms with Crippen LogP contribution in [-0.2, 0) is 0 Å². The molecule has 6 nitrogen and oxygen atoms in total. The summed E-state index contributed by atoms with van der Waals surface area (Å²) >= 11 is 0. The fourth-order valence-electron chi connectivity index (χ4n) is 3.34. The Balaban J connectivity index is 1.68. The second-order valence-electron chi connectivity index (χ2n) is 7.62. The van der Waals surface area contributed by atoms with Gasteiger partial charge in [0, 0.05) is 12.8 Å². The van der Waals surface area contributed by atoms with Gasteiger partial charge in [0.25, 0.3) is 0 Å². The quantitative estimate of drug-likeness (QED) is 0.716. The highest BCUT2D eigenvalue weighted by Gasteiger charge is 2.20. The van der Waals surface area contributed by atoms with Crippen LogP contribution in [0, 0.1) is 5.92 Å². The number of aliphatic hydroxyl groups excluding tert-OH is 1. The first-order chi connectivity index (χ1) is 13.0. The van der Waals surface area contributed by atoms with Crippen LogP contribution in [0.5, 0.6) is 0 Å². The fourth-order valence-corrected chi connectivity index (χ4v) is 3.34. The lowest BCUT2D eigenvalue weighted by Gasteiger charge is -2.19. The van der Waals surface area contributed by atoms with Gasteiger partial charge < -0.3 is 10.4 Å². The summed E-state index contributed by atoms with van der Waals surface area (Å²) in [6.45, 7) is 7.33. The fraction of sp³-hybridized carbons (Fsp3) is 0.381. The number of hydrogen-bond acceptors (Lipinski definition) is 5. The zero-order valence-electron chi connectivity index (χ0n) is 15.9. The molecule has 0 amide bonds. The largest absolute Gasteiger partial charge is 0.382 e. The second-order valence-corrected chi connectivity index (χ2v) is 7.62. The first-order valence-electron chi connectivity index (χ1n) is 9.46. The van der Waals surface area contributed by atoms with Gasteiger partial charge in [-0.1, -0.05) is 32.9 Å². The smallest absolute Gasteiger partial charge is 0.154 e. The third kappa shape index (κ3) is 3.45. The standard InChI is InChI=1S/C21H25N5O/c1-13(2)11-23-19-6-7-20-24-12-18(26(20)25-19)21(27)15-4-5-17-16(10-15)14(3)8-9-22-17/h4-7,9-10,12-14,21,27H,8,11H2,1-3H3,(H,23,25). The molecule has 1 aliphatic heterocycles. The van der Waals surface area contributed by atoms with Crippen molar-refractivity contribution in [2.24, 2.45) is 10.9 Å². The topological polar surface area (TPSA) is 74.8 Å². The Labute approximate surface area is 159 Å². The Morgan fingerprint density at radius 1 is 1.26 bits per heavy atom. The molecule has 3 aromatic rings. The number of fused-ring (bicyclic) bond motifs is 2. The van der Waals surface area contributed by atoms with Crippen molar-refractivity contribution in [1.82, 2.24) is 14.6 Å². The van der Waals surface area contributed by atoms with Gasteiger partial charge in [-0.25, -0.2) is 9.50 Å². The molecule has 6 heteroatoms. The Kier molecular flexibility index (Phi) is 4.66. The summed E-state index contributed by atoms with van der Waals surface area (Å²) in [7, 11) is 0. The van der Waals surface area contributed by atoms with Gasteiger partial charge in [0.2, 0.25) is 0 Å². The lowest BCUT2D eigenvalue weighted by molar-refractivity contribution is 0.212. The molecule has 0 radical (unpaired) electrons. The number of aromatic nitrogens is 3. The lowest BCUT2D eigenvalue weighted by Crippen LogP contribution is -2.12. The summed E-state index contributed by atoms with van der Waals surface area (Å²) in [6.07, 6.45) is 3.79. The summed E-state index contributed by atoms with van der Waals surface area (Å²) in [6, 6.07) is 9.79. The van der Waals surface area contributed by atoms with Crippen LogP contribution in [0.25, 0.3) is 5.65 Å². The number of rotatable bonds is 5. The maximum Gasteiger partial charge on any atom is 0.154 e. The van der Waals surface area contributed by atoms with Gasteiger partial charge in [0.1, 0.15) is 11.9 Å². The van der Waals surface area contributed by atoms with E-state index >= 15 is 0 Å². The number of nitrogens with zero attached hydrogens (tertiary/aromatic N) is 4. The van der Waals surface area contributed by atoms with E-state index in [1.807, 2.05) is 30.5 Å². The average Bonchev–Trinajstić information content (AvgIpc) is 3.09. The third-order valence-electron chi connectivity index (χ3n) is 4.95. The van der Waals surface area contributed by atoms with E-state index in [2.05, 4.69) is 47.2 Å². The lowest BCUT2D eigenvalue weighted by atomic mass is 9.91. The van der Waals surface area contributed by atoms with Crippen LogP contribution in [0.4, 0.5) is 11.5 Å². The van der Waals surface area contributed by atoms with E-state index in [0.717, 1.165) is 35.7 Å². The van der Waals surface area contributed by atoms with Crippen LogP contribution in [0.15, 0.2) is 41.5 Å². The molecule has 3 heterocycles. The Morgan fingerprint density at radius 2 is 2.11 bits per heavy atom. The molecule has 0 saturated carbocycles. The first-order valence-corrected chi connectivity index (χ1v) is 9.46. The van der Waals surface area contributed by atoms with Crippen molar-refractivity contribution < 1.29 is 5.11 Å². The highest BCUT2D eigenvalue weighted by atomic mass is 16.3. The molecule has 140 valence electrons. The van der Waals surface area contributed by atoms with Gasteiger partial charge in [0.15, 0.2) is 5.65 Å². The van der Waals surface area contributed by atoms with E-state index in [0.29, 0.717) is 17.5 Å². The Hall–Kier alpha value is -2.73. The molecule has 2 unspecified atom stereocenters. The molecule has 2 aromatic heterocycles. The summed E-state index contributed by atoms with van der Waals surface area (Å²) < 4.78 is 1.72. The summed E-state index contributed by atoms with van der Waals surface area (Å²) in [4.78, 5) is 8.85. The van der Waals surface area contributed by atoms with Crippen molar-refractivity contribution in [3.63, 3.8) is 0 Å². The number of aliphatic imine (C=N–C) groups is 1. The predicted molar refractivity (Wildman–Crippen MR) is 108 cm³/mol. The monoisotopic (exact) mass is 363 g/mol. The summed E-state index contributed by atoms with van der Waals surface area (Å²) in [5.41, 5.74) is 4.37. The second kappa shape index (κ2) is 7.12. The molecule has 0 aliphatic carbocycles. The molecule has 0 bridgehead atoms. The normalized spacial score (nSPS) is 17.3. The number of aliphatic hydroxyl groups is 1. The molecular formula is C21H25N5O. The molecule has 2 atom stereocenters. The zero-order chi connectivity index (χ0) is 19.0. The van der Waals surface area contributed by atoms with E-state index in [4.69, 9.17) is 0 Å². The van der Waals surface area contributed by atoms with Crippen LogP contribution in [-0.4, -0.2) is 32.5 Å². The first kappa shape index (κ1) is 17.7. The number of nitrogens with one attached hydrogen (secondary N) is 1.